The zero-order chi connectivity index (χ0) is 83.0. The molecule has 2 aliphatic rings. The molecule has 2 aliphatic heterocycles. The van der Waals surface area contributed by atoms with Gasteiger partial charge in [0.05, 0.1) is 16.7 Å². The first-order valence-electron chi connectivity index (χ1n) is 42.5. The van der Waals surface area contributed by atoms with Gasteiger partial charge in [0.25, 0.3) is 6.71 Å². The zero-order valence-electron chi connectivity index (χ0n) is 69.0. The van der Waals surface area contributed by atoms with Crippen LogP contribution >= 0.6 is 0 Å². The second-order valence-corrected chi connectivity index (χ2v) is 40.5. The fraction of sp³-hybridized carbons (Fsp3) is 0.0357. The van der Waals surface area contributed by atoms with Crippen molar-refractivity contribution in [3.8, 4) is 96.3 Å². The van der Waals surface area contributed by atoms with Crippen LogP contribution in [0.4, 0.5) is 22.7 Å². The molecule has 0 spiro atoms. The summed E-state index contributed by atoms with van der Waals surface area (Å²) in [6.45, 7) is 7.97. The number of nitrogens with zero attached hydrogens (tertiary/aromatic N) is 7. The number of rotatable bonds is 17. The number of nitrogens with one attached hydrogen (secondary N) is 2. The molecule has 3 aromatic heterocycles. The molecule has 0 atom stereocenters. The van der Waals surface area contributed by atoms with Gasteiger partial charge in [-0.05, 0) is 133 Å². The number of anilines is 4. The monoisotopic (exact) mass is 1620 g/mol. The number of aromatic nitrogens is 7. The Kier molecular flexibility index (Phi) is 18.7. The van der Waals surface area contributed by atoms with E-state index < -0.39 is 22.9 Å². The van der Waals surface area contributed by atoms with Crippen molar-refractivity contribution < 1.29 is 0 Å². The molecule has 0 saturated heterocycles. The topological polar surface area (TPSA) is 106 Å². The van der Waals surface area contributed by atoms with Crippen LogP contribution in [-0.2, 0) is 0 Å². The van der Waals surface area contributed by atoms with Gasteiger partial charge < -0.3 is 15.2 Å². The Morgan fingerprint density at radius 2 is 0.500 bits per heavy atom. The minimum atomic E-state index is -3.17. The van der Waals surface area contributed by atoms with E-state index in [1.54, 1.807) is 0 Å². The van der Waals surface area contributed by atoms with E-state index in [9.17, 15) is 0 Å². The Hall–Kier alpha value is -15.3. The third-order valence-electron chi connectivity index (χ3n) is 25.3. The van der Waals surface area contributed by atoms with Gasteiger partial charge in [0.2, 0.25) is 0 Å². The maximum absolute atomic E-state index is 5.67. The highest BCUT2D eigenvalue weighted by Crippen LogP contribution is 2.45. The lowest BCUT2D eigenvalue weighted by atomic mass is 9.33. The third-order valence-corrected chi connectivity index (χ3v) is 34.8. The van der Waals surface area contributed by atoms with Crippen molar-refractivity contribution in [3.05, 3.63) is 435 Å². The van der Waals surface area contributed by atoms with Crippen LogP contribution in [0.2, 0.25) is 0 Å². The molecule has 0 saturated carbocycles. The minimum absolute atomic E-state index is 0.503. The lowest BCUT2D eigenvalue weighted by molar-refractivity contribution is 1.07. The van der Waals surface area contributed by atoms with E-state index in [2.05, 4.69) is 455 Å². The molecule has 0 aliphatic carbocycles. The molecule has 20 aromatic rings. The molecule has 9 nitrogen and oxygen atoms in total. The first-order chi connectivity index (χ1) is 61.0. The van der Waals surface area contributed by atoms with Crippen molar-refractivity contribution in [3.63, 3.8) is 0 Å². The van der Waals surface area contributed by atoms with Gasteiger partial charge in [-0.25, -0.2) is 29.9 Å². The number of fused-ring (bicyclic) bond motifs is 7. The highest BCUT2D eigenvalue weighted by Gasteiger charge is 2.46. The number of aryl methyl sites for hydroxylation is 4. The molecule has 2 N–H and O–H groups in total. The first-order valence-corrected chi connectivity index (χ1v) is 46.5. The highest BCUT2D eigenvalue weighted by atomic mass is 28.3. The molecule has 124 heavy (non-hydrogen) atoms. The van der Waals surface area contributed by atoms with Gasteiger partial charge >= 0.3 is 0 Å². The fourth-order valence-corrected chi connectivity index (χ4v) is 28.9. The Morgan fingerprint density at radius 1 is 0.234 bits per heavy atom. The Morgan fingerprint density at radius 3 is 0.798 bits per heavy atom. The van der Waals surface area contributed by atoms with Gasteiger partial charge in [0.1, 0.15) is 0 Å². The van der Waals surface area contributed by atoms with Gasteiger partial charge in [0.15, 0.2) is 51.1 Å². The van der Waals surface area contributed by atoms with Crippen LogP contribution in [0, 0.1) is 27.7 Å². The predicted octanol–water partition coefficient (Wildman–Crippen LogP) is 19.1. The maximum Gasteiger partial charge on any atom is 0.252 e. The summed E-state index contributed by atoms with van der Waals surface area (Å²) >= 11 is 0. The summed E-state index contributed by atoms with van der Waals surface area (Å²) in [6.07, 6.45) is 0. The molecule has 0 bridgehead atoms. The lowest BCUT2D eigenvalue weighted by Crippen LogP contribution is -2.74. The predicted molar refractivity (Wildman–Crippen MR) is 521 cm³/mol. The van der Waals surface area contributed by atoms with Crippen molar-refractivity contribution in [2.75, 3.05) is 10.6 Å². The summed E-state index contributed by atoms with van der Waals surface area (Å²) in [5.74, 6) is 3.37. The van der Waals surface area contributed by atoms with Crippen LogP contribution in [0.25, 0.3) is 118 Å². The Bertz CT molecular complexity index is 6730. The van der Waals surface area contributed by atoms with Crippen LogP contribution in [0.15, 0.2) is 413 Å². The van der Waals surface area contributed by atoms with Crippen LogP contribution in [0.3, 0.4) is 0 Å². The molecule has 0 fully saturated rings. The zero-order valence-corrected chi connectivity index (χ0v) is 71.0. The van der Waals surface area contributed by atoms with Crippen molar-refractivity contribution in [2.24, 2.45) is 0 Å². The summed E-state index contributed by atoms with van der Waals surface area (Å²) in [4.78, 5) is 33.5. The summed E-state index contributed by atoms with van der Waals surface area (Å²) in [6, 6.07) is 152. The maximum atomic E-state index is 5.67. The van der Waals surface area contributed by atoms with Crippen LogP contribution in [0.1, 0.15) is 22.3 Å². The van der Waals surface area contributed by atoms with Gasteiger partial charge in [-0.3, -0.25) is 0 Å². The Balaban J connectivity index is 0.877. The van der Waals surface area contributed by atoms with E-state index in [0.29, 0.717) is 34.9 Å². The molecule has 22 rings (SSSR count). The third kappa shape index (κ3) is 13.0. The van der Waals surface area contributed by atoms with Gasteiger partial charge in [-0.15, -0.1) is 0 Å². The molecule has 12 heteroatoms. The summed E-state index contributed by atoms with van der Waals surface area (Å²) in [5, 5.41) is 21.3. The largest absolute Gasteiger partial charge is 0.356 e. The van der Waals surface area contributed by atoms with Gasteiger partial charge in [-0.2, -0.15) is 0 Å². The standard InChI is InChI=1S/C112H82BN9Si2/c1-73-49-57-77(58-50-73)107-116-108(78-59-51-74(2)52-60-78)119-111(118-107)83-67-96(81-29-27-43-92(65-81)123(86-31-11-5-12-32-86,87-33-13-6-14-34-87)88-35-15-7-16-36-88)105-98(69-83)113-99-70-84(112-120-109(79-61-53-75(3)54-62-79)117-110(121-112)80-63-55-76(4)56-64-80)68-97(82-30-28-44-93(66-82)124(89-37-17-8-18-38-89,90-39-19-9-20-40-90)91-41-21-10-22-42-91)106(99)115-101-72-85(71-100(114-105)104(101)113)122-102-47-25-23-45-94(102)95-46-24-26-48-103(95)122/h5-72,114-115H,1-4H3. The minimum Gasteiger partial charge on any atom is -0.356 e. The smallest absolute Gasteiger partial charge is 0.252 e. The van der Waals surface area contributed by atoms with Crippen molar-refractivity contribution in [1.82, 2.24) is 34.5 Å². The van der Waals surface area contributed by atoms with E-state index in [-0.39, 0.29) is 0 Å². The SMILES string of the molecule is Cc1ccc(-c2nc(-c3ccc(C)cc3)nc(-c3cc4c(c(-c5cccc([Si](c6ccccc6)(c6ccccc6)c6ccccc6)c5)c3)Nc3cc(-n5c6ccccc6c6ccccc65)cc5c3B4c3cc(-c4nc(-c6ccc(C)cc6)nc(-c6ccc(C)cc6)n4)cc(-c4cccc([Si](c6ccccc6)(c6ccccc6)c6ccccc6)c4)c3N5)n2)cc1. The average Bonchev–Trinajstić information content (AvgIpc) is 0.950. The molecule has 0 amide bonds. The van der Waals surface area contributed by atoms with Crippen LogP contribution in [-0.4, -0.2) is 57.3 Å². The summed E-state index contributed by atoms with van der Waals surface area (Å²) < 4.78 is 2.45. The number of hydrogen-bond donors (Lipinski definition) is 2. The van der Waals surface area contributed by atoms with E-state index in [4.69, 9.17) is 29.9 Å². The van der Waals surface area contributed by atoms with E-state index in [1.807, 2.05) is 0 Å². The van der Waals surface area contributed by atoms with Crippen LogP contribution in [0.5, 0.6) is 0 Å². The average molecular weight is 1620 g/mol. The Labute approximate surface area is 724 Å². The molecule has 0 unspecified atom stereocenters. The van der Waals surface area contributed by atoms with Crippen molar-refractivity contribution in [1.29, 1.82) is 0 Å². The van der Waals surface area contributed by atoms with E-state index >= 15 is 0 Å². The van der Waals surface area contributed by atoms with Gasteiger partial charge in [0, 0.05) is 78.0 Å². The summed E-state index contributed by atoms with van der Waals surface area (Å²) in [7, 11) is -6.34. The summed E-state index contributed by atoms with van der Waals surface area (Å²) in [5.41, 5.74) is 24.0. The van der Waals surface area contributed by atoms with E-state index in [1.165, 1.54) is 52.3 Å². The normalized spacial score (nSPS) is 12.1. The second kappa shape index (κ2) is 31.0. The number of benzene rings is 17. The lowest BCUT2D eigenvalue weighted by Gasteiger charge is -2.38. The van der Waals surface area contributed by atoms with Crippen molar-refractivity contribution >= 4 is 125 Å². The fourth-order valence-electron chi connectivity index (χ4n) is 19.3. The highest BCUT2D eigenvalue weighted by molar-refractivity contribution is 7.20. The second-order valence-electron chi connectivity index (χ2n) is 32.9. The van der Waals surface area contributed by atoms with Crippen LogP contribution < -0.4 is 68.5 Å². The first kappa shape index (κ1) is 74.9. The molecule has 0 radical (unpaired) electrons. The molecule has 586 valence electrons. The molecular weight excluding hydrogens is 1540 g/mol. The quantitative estimate of drug-likeness (QED) is 0.0686. The molecule has 5 heterocycles. The number of hydrogen-bond acceptors (Lipinski definition) is 8. The number of para-hydroxylation sites is 2. The van der Waals surface area contributed by atoms with Crippen molar-refractivity contribution in [2.45, 2.75) is 27.7 Å². The van der Waals surface area contributed by atoms with E-state index in [0.717, 1.165) is 134 Å². The molecular formula is C112H82BN9Si2. The van der Waals surface area contributed by atoms with Gasteiger partial charge in [-0.1, -0.05) is 398 Å². The molecule has 17 aromatic carbocycles.